The average molecular weight is 484 g/mol. The molecule has 0 aliphatic heterocycles. The normalized spacial score (nSPS) is 11.8. The number of halogens is 3. The number of anilines is 1. The molecule has 2 aromatic rings. The van der Waals surface area contributed by atoms with Crippen LogP contribution in [0.25, 0.3) is 10.7 Å². The van der Waals surface area contributed by atoms with Crippen LogP contribution < -0.4 is 5.32 Å². The van der Waals surface area contributed by atoms with Gasteiger partial charge in [0.2, 0.25) is 0 Å². The van der Waals surface area contributed by atoms with E-state index >= 15 is 0 Å². The van der Waals surface area contributed by atoms with Crippen LogP contribution in [0.5, 0.6) is 0 Å². The van der Waals surface area contributed by atoms with Crippen molar-refractivity contribution in [3.05, 3.63) is 24.5 Å². The van der Waals surface area contributed by atoms with Gasteiger partial charge in [0.1, 0.15) is 5.82 Å². The van der Waals surface area contributed by atoms with Gasteiger partial charge in [0.25, 0.3) is 0 Å². The zero-order valence-electron chi connectivity index (χ0n) is 11.5. The molecule has 2 aromatic heterocycles. The SMILES string of the molecule is CNc1nc(-c2cc(Br)c(Br)s2)nc(C(C)(C)C)c1Br. The molecule has 0 amide bonds. The number of aromatic nitrogens is 2. The van der Waals surface area contributed by atoms with Gasteiger partial charge in [-0.05, 0) is 53.9 Å². The van der Waals surface area contributed by atoms with Crippen LogP contribution in [-0.4, -0.2) is 17.0 Å². The van der Waals surface area contributed by atoms with Gasteiger partial charge in [-0.25, -0.2) is 9.97 Å². The third kappa shape index (κ3) is 3.26. The summed E-state index contributed by atoms with van der Waals surface area (Å²) in [4.78, 5) is 10.4. The van der Waals surface area contributed by atoms with Crippen molar-refractivity contribution in [3.8, 4) is 10.7 Å². The molecule has 0 aliphatic rings. The Hall–Kier alpha value is 0.0200. The maximum atomic E-state index is 4.75. The fraction of sp³-hybridized carbons (Fsp3) is 0.385. The van der Waals surface area contributed by atoms with Crippen molar-refractivity contribution in [2.45, 2.75) is 26.2 Å². The number of nitrogens with zero attached hydrogens (tertiary/aromatic N) is 2. The van der Waals surface area contributed by atoms with E-state index in [9.17, 15) is 0 Å². The summed E-state index contributed by atoms with van der Waals surface area (Å²) in [7, 11) is 1.86. The molecule has 0 aromatic carbocycles. The Morgan fingerprint density at radius 1 is 1.15 bits per heavy atom. The molecule has 0 atom stereocenters. The molecule has 0 radical (unpaired) electrons. The molecule has 1 N–H and O–H groups in total. The van der Waals surface area contributed by atoms with Crippen LogP contribution in [0, 0.1) is 0 Å². The minimum absolute atomic E-state index is 0.0617. The molecule has 7 heteroatoms. The monoisotopic (exact) mass is 481 g/mol. The maximum Gasteiger partial charge on any atom is 0.172 e. The summed E-state index contributed by atoms with van der Waals surface area (Å²) in [5.41, 5.74) is 0.931. The largest absolute Gasteiger partial charge is 0.372 e. The molecule has 0 saturated carbocycles. The second kappa shape index (κ2) is 6.02. The first-order valence-electron chi connectivity index (χ1n) is 5.95. The topological polar surface area (TPSA) is 37.8 Å². The van der Waals surface area contributed by atoms with Crippen LogP contribution in [-0.2, 0) is 5.41 Å². The molecule has 0 saturated heterocycles. The van der Waals surface area contributed by atoms with Gasteiger partial charge in [-0.15, -0.1) is 11.3 Å². The molecule has 0 fully saturated rings. The summed E-state index contributed by atoms with van der Waals surface area (Å²) in [6.45, 7) is 6.43. The lowest BCUT2D eigenvalue weighted by Gasteiger charge is -2.21. The lowest BCUT2D eigenvalue weighted by Crippen LogP contribution is -2.16. The van der Waals surface area contributed by atoms with Crippen LogP contribution in [0.3, 0.4) is 0 Å². The fourth-order valence-electron chi connectivity index (χ4n) is 1.68. The van der Waals surface area contributed by atoms with Gasteiger partial charge < -0.3 is 5.32 Å². The minimum Gasteiger partial charge on any atom is -0.372 e. The quantitative estimate of drug-likeness (QED) is 0.583. The number of hydrogen-bond acceptors (Lipinski definition) is 4. The molecular formula is C13H14Br3N3S. The molecule has 0 aliphatic carbocycles. The lowest BCUT2D eigenvalue weighted by atomic mass is 9.92. The third-order valence-corrected chi connectivity index (χ3v) is 6.67. The second-order valence-electron chi connectivity index (χ2n) is 5.29. The number of hydrogen-bond donors (Lipinski definition) is 1. The molecule has 20 heavy (non-hydrogen) atoms. The van der Waals surface area contributed by atoms with Crippen LogP contribution in [0.2, 0.25) is 0 Å². The van der Waals surface area contributed by atoms with Gasteiger partial charge in [0.05, 0.1) is 18.8 Å². The summed E-state index contributed by atoms with van der Waals surface area (Å²) in [5.74, 6) is 1.54. The van der Waals surface area contributed by atoms with Crippen molar-refractivity contribution in [3.63, 3.8) is 0 Å². The van der Waals surface area contributed by atoms with E-state index in [0.29, 0.717) is 0 Å². The lowest BCUT2D eigenvalue weighted by molar-refractivity contribution is 0.564. The minimum atomic E-state index is -0.0617. The van der Waals surface area contributed by atoms with E-state index in [-0.39, 0.29) is 5.41 Å². The van der Waals surface area contributed by atoms with Crippen molar-refractivity contribution < 1.29 is 0 Å². The standard InChI is InChI=1S/C13H14Br3N3S/c1-13(2,3)9-8(15)12(17-4)19-11(18-9)7-5-6(14)10(16)20-7/h5H,1-4H3,(H,17,18,19). The van der Waals surface area contributed by atoms with Crippen LogP contribution in [0.15, 0.2) is 18.8 Å². The molecule has 108 valence electrons. The summed E-state index contributed by atoms with van der Waals surface area (Å²) >= 11 is 12.2. The molecule has 2 rings (SSSR count). The Labute approximate surface area is 148 Å². The van der Waals surface area contributed by atoms with Crippen molar-refractivity contribution in [1.82, 2.24) is 9.97 Å². The molecule has 0 bridgehead atoms. The first-order chi connectivity index (χ1) is 9.24. The van der Waals surface area contributed by atoms with Gasteiger partial charge in [-0.1, -0.05) is 20.8 Å². The Morgan fingerprint density at radius 3 is 2.25 bits per heavy atom. The maximum absolute atomic E-state index is 4.75. The second-order valence-corrected chi connectivity index (χ2v) is 9.31. The predicted octanol–water partition coefficient (Wildman–Crippen LogP) is 5.83. The van der Waals surface area contributed by atoms with Crippen molar-refractivity contribution >= 4 is 64.9 Å². The smallest absolute Gasteiger partial charge is 0.172 e. The van der Waals surface area contributed by atoms with Crippen molar-refractivity contribution in [1.29, 1.82) is 0 Å². The van der Waals surface area contributed by atoms with E-state index in [4.69, 9.17) is 4.98 Å². The van der Waals surface area contributed by atoms with Gasteiger partial charge >= 0.3 is 0 Å². The third-order valence-electron chi connectivity index (χ3n) is 2.66. The summed E-state index contributed by atoms with van der Waals surface area (Å²) in [5, 5.41) is 3.12. The fourth-order valence-corrected chi connectivity index (χ4v) is 4.62. The summed E-state index contributed by atoms with van der Waals surface area (Å²) in [6, 6.07) is 2.03. The number of thiophene rings is 1. The Kier molecular flexibility index (Phi) is 4.94. The zero-order chi connectivity index (χ0) is 15.1. The van der Waals surface area contributed by atoms with E-state index in [1.165, 1.54) is 0 Å². The summed E-state index contributed by atoms with van der Waals surface area (Å²) < 4.78 is 2.99. The van der Waals surface area contributed by atoms with E-state index in [2.05, 4.69) is 78.9 Å². The van der Waals surface area contributed by atoms with Crippen LogP contribution in [0.1, 0.15) is 26.5 Å². The summed E-state index contributed by atoms with van der Waals surface area (Å²) in [6.07, 6.45) is 0. The Balaban J connectivity index is 2.66. The van der Waals surface area contributed by atoms with E-state index in [0.717, 1.165) is 34.9 Å². The van der Waals surface area contributed by atoms with Gasteiger partial charge in [0.15, 0.2) is 5.82 Å². The molecule has 3 nitrogen and oxygen atoms in total. The highest BCUT2D eigenvalue weighted by Gasteiger charge is 2.24. The highest BCUT2D eigenvalue weighted by Crippen LogP contribution is 2.39. The Morgan fingerprint density at radius 2 is 1.80 bits per heavy atom. The number of rotatable bonds is 2. The van der Waals surface area contributed by atoms with Crippen LogP contribution in [0.4, 0.5) is 5.82 Å². The van der Waals surface area contributed by atoms with Gasteiger partial charge in [0, 0.05) is 16.9 Å². The zero-order valence-corrected chi connectivity index (χ0v) is 17.1. The van der Waals surface area contributed by atoms with Crippen molar-refractivity contribution in [2.24, 2.45) is 0 Å². The van der Waals surface area contributed by atoms with E-state index < -0.39 is 0 Å². The highest BCUT2D eigenvalue weighted by molar-refractivity contribution is 9.13. The van der Waals surface area contributed by atoms with Crippen LogP contribution >= 0.6 is 59.1 Å². The molecule has 0 spiro atoms. The molecule has 2 heterocycles. The highest BCUT2D eigenvalue weighted by atomic mass is 79.9. The van der Waals surface area contributed by atoms with Gasteiger partial charge in [-0.3, -0.25) is 0 Å². The van der Waals surface area contributed by atoms with Crippen molar-refractivity contribution in [2.75, 3.05) is 12.4 Å². The predicted molar refractivity (Wildman–Crippen MR) is 96.7 cm³/mol. The first kappa shape index (κ1) is 16.4. The molecule has 0 unspecified atom stereocenters. The molecular weight excluding hydrogens is 470 g/mol. The van der Waals surface area contributed by atoms with E-state index in [1.807, 2.05) is 13.1 Å². The Bertz CT molecular complexity index is 628. The average Bonchev–Trinajstić information content (AvgIpc) is 2.68. The van der Waals surface area contributed by atoms with E-state index in [1.54, 1.807) is 11.3 Å². The van der Waals surface area contributed by atoms with Gasteiger partial charge in [-0.2, -0.15) is 0 Å². The number of nitrogens with one attached hydrogen (secondary N) is 1. The first-order valence-corrected chi connectivity index (χ1v) is 9.14.